The number of rotatable bonds is 3. The van der Waals surface area contributed by atoms with Crippen LogP contribution in [0.2, 0.25) is 10.0 Å². The molecule has 0 radical (unpaired) electrons. The van der Waals surface area contributed by atoms with E-state index in [9.17, 15) is 14.4 Å². The van der Waals surface area contributed by atoms with Gasteiger partial charge in [0.15, 0.2) is 11.3 Å². The summed E-state index contributed by atoms with van der Waals surface area (Å²) in [4.78, 5) is 34.8. The average molecular weight is 369 g/mol. The van der Waals surface area contributed by atoms with E-state index in [2.05, 4.69) is 0 Å². The summed E-state index contributed by atoms with van der Waals surface area (Å²) in [5.74, 6) is -2.78. The summed E-state index contributed by atoms with van der Waals surface area (Å²) in [7, 11) is 0. The number of aromatic carboxylic acids is 1. The molecule has 122 valence electrons. The van der Waals surface area contributed by atoms with Crippen molar-refractivity contribution in [2.45, 2.75) is 0 Å². The van der Waals surface area contributed by atoms with Gasteiger partial charge in [-0.15, -0.1) is 0 Å². The molecule has 9 heteroatoms. The van der Waals surface area contributed by atoms with E-state index in [1.165, 1.54) is 24.5 Å². The highest BCUT2D eigenvalue weighted by molar-refractivity contribution is 6.44. The highest BCUT2D eigenvalue weighted by Gasteiger charge is 2.22. The molecule has 2 aromatic heterocycles. The maximum atomic E-state index is 12.0. The molecule has 0 amide bonds. The van der Waals surface area contributed by atoms with Crippen LogP contribution in [-0.2, 0) is 0 Å². The molecule has 0 aliphatic carbocycles. The van der Waals surface area contributed by atoms with Crippen LogP contribution < -0.4 is 10.4 Å². The second kappa shape index (κ2) is 6.03. The Morgan fingerprint density at radius 3 is 2.58 bits per heavy atom. The van der Waals surface area contributed by atoms with Crippen LogP contribution in [0.25, 0.3) is 11.0 Å². The van der Waals surface area contributed by atoms with Crippen molar-refractivity contribution in [3.8, 4) is 5.75 Å². The summed E-state index contributed by atoms with van der Waals surface area (Å²) >= 11 is 12.0. The van der Waals surface area contributed by atoms with Crippen molar-refractivity contribution in [1.82, 2.24) is 0 Å². The van der Waals surface area contributed by atoms with Gasteiger partial charge in [-0.3, -0.25) is 0 Å². The Kier molecular flexibility index (Phi) is 4.04. The first-order chi connectivity index (χ1) is 11.4. The van der Waals surface area contributed by atoms with E-state index in [0.29, 0.717) is 0 Å². The number of hydrogen-bond acceptors (Lipinski definition) is 6. The second-order valence-corrected chi connectivity index (χ2v) is 5.32. The molecule has 0 aliphatic heterocycles. The Bertz CT molecular complexity index is 1020. The third kappa shape index (κ3) is 2.75. The molecule has 0 saturated carbocycles. The van der Waals surface area contributed by atoms with Crippen molar-refractivity contribution in [2.24, 2.45) is 0 Å². The molecule has 24 heavy (non-hydrogen) atoms. The quantitative estimate of drug-likeness (QED) is 0.427. The van der Waals surface area contributed by atoms with Crippen molar-refractivity contribution in [1.29, 1.82) is 0 Å². The topological polar surface area (TPSA) is 107 Å². The SMILES string of the molecule is O=C(Oc1c(Cl)c(Cl)cc2cc(C(=O)O)c(=O)oc12)c1ccco1. The molecule has 0 aliphatic rings. The molecule has 7 nitrogen and oxygen atoms in total. The fraction of sp³-hybridized carbons (Fsp3) is 0. The molecular weight excluding hydrogens is 363 g/mol. The predicted molar refractivity (Wildman–Crippen MR) is 83.1 cm³/mol. The maximum absolute atomic E-state index is 12.0. The standard InChI is InChI=1S/C15H6Cl2O7/c16-8-5-6-4-7(13(18)19)14(20)23-11(6)12(10(8)17)24-15(21)9-2-1-3-22-9/h1-5H,(H,18,19). The third-order valence-corrected chi connectivity index (χ3v) is 3.79. The molecule has 1 N–H and O–H groups in total. The Morgan fingerprint density at radius 1 is 1.21 bits per heavy atom. The monoisotopic (exact) mass is 368 g/mol. The molecule has 3 rings (SSSR count). The van der Waals surface area contributed by atoms with Crippen LogP contribution in [0.3, 0.4) is 0 Å². The van der Waals surface area contributed by atoms with Crippen LogP contribution in [-0.4, -0.2) is 17.0 Å². The highest BCUT2D eigenvalue weighted by atomic mass is 35.5. The molecule has 0 saturated heterocycles. The number of carbonyl (C=O) groups excluding carboxylic acids is 1. The number of carboxylic acids is 1. The number of benzene rings is 1. The van der Waals surface area contributed by atoms with Crippen molar-refractivity contribution < 1.29 is 28.3 Å². The van der Waals surface area contributed by atoms with Crippen LogP contribution in [0.5, 0.6) is 5.75 Å². The Labute approximate surface area is 142 Å². The van der Waals surface area contributed by atoms with Crippen molar-refractivity contribution in [3.05, 3.63) is 62.3 Å². The number of carbonyl (C=O) groups is 2. The zero-order valence-electron chi connectivity index (χ0n) is 11.5. The van der Waals surface area contributed by atoms with Gasteiger partial charge in [-0.05, 0) is 24.3 Å². The first-order valence-electron chi connectivity index (χ1n) is 6.33. The Morgan fingerprint density at radius 2 is 1.96 bits per heavy atom. The van der Waals surface area contributed by atoms with Gasteiger partial charge in [0.25, 0.3) is 0 Å². The molecule has 0 spiro atoms. The molecule has 3 aromatic rings. The van der Waals surface area contributed by atoms with Crippen molar-refractivity contribution in [3.63, 3.8) is 0 Å². The summed E-state index contributed by atoms with van der Waals surface area (Å²) in [6.07, 6.45) is 1.27. The van der Waals surface area contributed by atoms with Gasteiger partial charge in [0.05, 0.1) is 11.3 Å². The van der Waals surface area contributed by atoms with E-state index < -0.39 is 23.1 Å². The fourth-order valence-electron chi connectivity index (χ4n) is 1.96. The summed E-state index contributed by atoms with van der Waals surface area (Å²) < 4.78 is 15.0. The number of esters is 1. The third-order valence-electron chi connectivity index (χ3n) is 3.02. The number of fused-ring (bicyclic) bond motifs is 1. The zero-order valence-corrected chi connectivity index (χ0v) is 13.1. The predicted octanol–water partition coefficient (Wildman–Crippen LogP) is 3.61. The van der Waals surface area contributed by atoms with E-state index >= 15 is 0 Å². The second-order valence-electron chi connectivity index (χ2n) is 4.54. The molecule has 1 aromatic carbocycles. The van der Waals surface area contributed by atoms with E-state index in [4.69, 9.17) is 41.9 Å². The van der Waals surface area contributed by atoms with Crippen LogP contribution in [0.15, 0.2) is 44.2 Å². The number of ether oxygens (including phenoxy) is 1. The summed E-state index contributed by atoms with van der Waals surface area (Å²) in [6, 6.07) is 5.18. The van der Waals surface area contributed by atoms with E-state index in [1.54, 1.807) is 0 Å². The molecular formula is C15H6Cl2O7. The van der Waals surface area contributed by atoms with Gasteiger partial charge in [-0.25, -0.2) is 14.4 Å². The smallest absolute Gasteiger partial charge is 0.379 e. The number of furan rings is 1. The number of carboxylic acid groups (broad SMARTS) is 1. The fourth-order valence-corrected chi connectivity index (χ4v) is 2.34. The van der Waals surface area contributed by atoms with Gasteiger partial charge in [0.2, 0.25) is 5.76 Å². The first kappa shape index (κ1) is 16.1. The molecule has 0 fully saturated rings. The first-order valence-corrected chi connectivity index (χ1v) is 7.09. The minimum Gasteiger partial charge on any atom is -0.477 e. The lowest BCUT2D eigenvalue weighted by Crippen LogP contribution is -2.14. The summed E-state index contributed by atoms with van der Waals surface area (Å²) in [5.41, 5.74) is -1.92. The van der Waals surface area contributed by atoms with Crippen LogP contribution in [0.4, 0.5) is 0 Å². The van der Waals surface area contributed by atoms with Crippen LogP contribution in [0, 0.1) is 0 Å². The average Bonchev–Trinajstić information content (AvgIpc) is 3.06. The van der Waals surface area contributed by atoms with Gasteiger partial charge in [-0.1, -0.05) is 23.2 Å². The Hall–Kier alpha value is -2.77. The van der Waals surface area contributed by atoms with Gasteiger partial charge >= 0.3 is 17.6 Å². The van der Waals surface area contributed by atoms with Gasteiger partial charge < -0.3 is 18.7 Å². The lowest BCUT2D eigenvalue weighted by Gasteiger charge is -2.09. The highest BCUT2D eigenvalue weighted by Crippen LogP contribution is 2.39. The molecule has 0 bridgehead atoms. The molecule has 2 heterocycles. The minimum atomic E-state index is -1.47. The minimum absolute atomic E-state index is 0.0170. The number of halogens is 2. The van der Waals surface area contributed by atoms with Crippen molar-refractivity contribution >= 4 is 46.1 Å². The Balaban J connectivity index is 2.20. The van der Waals surface area contributed by atoms with Gasteiger partial charge in [-0.2, -0.15) is 0 Å². The van der Waals surface area contributed by atoms with Gasteiger partial charge in [0.1, 0.15) is 10.6 Å². The molecule has 0 unspecified atom stereocenters. The van der Waals surface area contributed by atoms with E-state index in [-0.39, 0.29) is 32.5 Å². The van der Waals surface area contributed by atoms with Gasteiger partial charge in [0, 0.05) is 5.39 Å². The van der Waals surface area contributed by atoms with Crippen molar-refractivity contribution in [2.75, 3.05) is 0 Å². The maximum Gasteiger partial charge on any atom is 0.379 e. The zero-order chi connectivity index (χ0) is 17.4. The van der Waals surface area contributed by atoms with E-state index in [1.807, 2.05) is 0 Å². The normalized spacial score (nSPS) is 10.8. The van der Waals surface area contributed by atoms with Crippen LogP contribution in [0.1, 0.15) is 20.9 Å². The largest absolute Gasteiger partial charge is 0.477 e. The number of hydrogen-bond donors (Lipinski definition) is 1. The summed E-state index contributed by atoms with van der Waals surface area (Å²) in [5, 5.41) is 8.91. The summed E-state index contributed by atoms with van der Waals surface area (Å²) in [6.45, 7) is 0. The lowest BCUT2D eigenvalue weighted by atomic mass is 10.1. The lowest BCUT2D eigenvalue weighted by molar-refractivity contribution is 0.0683. The molecule has 0 atom stereocenters. The van der Waals surface area contributed by atoms with E-state index in [0.717, 1.165) is 6.07 Å². The van der Waals surface area contributed by atoms with Crippen LogP contribution >= 0.6 is 23.2 Å².